The van der Waals surface area contributed by atoms with Gasteiger partial charge in [0, 0.05) is 10.7 Å². The normalized spacial score (nSPS) is 16.3. The number of fused-ring (bicyclic) bond motifs is 1. The molecule has 8 heteroatoms. The Balaban J connectivity index is 1.93. The largest absolute Gasteiger partial charge is 0.476 e. The van der Waals surface area contributed by atoms with Gasteiger partial charge in [0.05, 0.1) is 18.5 Å². The van der Waals surface area contributed by atoms with Crippen molar-refractivity contribution in [2.75, 3.05) is 22.4 Å². The molecule has 1 aliphatic heterocycles. The van der Waals surface area contributed by atoms with Crippen LogP contribution in [0.4, 0.5) is 11.4 Å². The number of halogens is 1. The summed E-state index contributed by atoms with van der Waals surface area (Å²) in [5, 5.41) is 3.35. The molecule has 150 valence electrons. The minimum Gasteiger partial charge on any atom is -0.476 e. The maximum absolute atomic E-state index is 13.0. The second-order valence-corrected chi connectivity index (χ2v) is 9.00. The van der Waals surface area contributed by atoms with E-state index in [0.717, 1.165) is 40.2 Å². The molecule has 1 unspecified atom stereocenters. The highest BCUT2D eigenvalue weighted by atomic mass is 35.5. The maximum atomic E-state index is 13.0. The Morgan fingerprint density at radius 1 is 1.21 bits per heavy atom. The van der Waals surface area contributed by atoms with Crippen molar-refractivity contribution in [2.45, 2.75) is 32.8 Å². The number of rotatable bonds is 5. The highest BCUT2D eigenvalue weighted by molar-refractivity contribution is 7.92. The van der Waals surface area contributed by atoms with Crippen molar-refractivity contribution in [1.29, 1.82) is 0 Å². The molecule has 2 aromatic rings. The number of nitrogens with one attached hydrogen (secondary N) is 1. The van der Waals surface area contributed by atoms with Crippen LogP contribution in [-0.2, 0) is 27.7 Å². The lowest BCUT2D eigenvalue weighted by Crippen LogP contribution is -2.48. The molecule has 1 amide bonds. The highest BCUT2D eigenvalue weighted by Crippen LogP contribution is 2.37. The van der Waals surface area contributed by atoms with E-state index in [1.54, 1.807) is 12.1 Å². The summed E-state index contributed by atoms with van der Waals surface area (Å²) in [4.78, 5) is 13.0. The third kappa shape index (κ3) is 4.10. The SMILES string of the molecule is CCc1cccc(CC)c1NC(=O)C1CN(S(C)(=O)=O)c2cc(Cl)ccc2O1. The first-order chi connectivity index (χ1) is 13.2. The van der Waals surface area contributed by atoms with Crippen LogP contribution in [0.2, 0.25) is 5.02 Å². The molecule has 0 aromatic heterocycles. The van der Waals surface area contributed by atoms with Crippen LogP contribution in [0.5, 0.6) is 5.75 Å². The number of nitrogens with zero attached hydrogens (tertiary/aromatic N) is 1. The molecule has 0 spiro atoms. The van der Waals surface area contributed by atoms with E-state index in [1.807, 2.05) is 32.0 Å². The number of carbonyl (C=O) groups is 1. The quantitative estimate of drug-likeness (QED) is 0.798. The number of benzene rings is 2. The van der Waals surface area contributed by atoms with Gasteiger partial charge in [0.1, 0.15) is 5.75 Å². The fourth-order valence-electron chi connectivity index (χ4n) is 3.28. The topological polar surface area (TPSA) is 75.7 Å². The predicted octanol–water partition coefficient (Wildman–Crippen LogP) is 3.63. The molecule has 0 fully saturated rings. The summed E-state index contributed by atoms with van der Waals surface area (Å²) < 4.78 is 31.5. The Hall–Kier alpha value is -2.25. The number of anilines is 2. The van der Waals surface area contributed by atoms with E-state index < -0.39 is 16.1 Å². The standard InChI is InChI=1S/C20H23ClN2O4S/c1-4-13-7-6-8-14(5-2)19(13)22-20(24)18-12-23(28(3,25)26)16-11-15(21)9-10-17(16)27-18/h6-11,18H,4-5,12H2,1-3H3,(H,22,24). The zero-order chi connectivity index (χ0) is 20.5. The lowest BCUT2D eigenvalue weighted by atomic mass is 10.0. The molecular weight excluding hydrogens is 400 g/mol. The van der Waals surface area contributed by atoms with E-state index >= 15 is 0 Å². The number of ether oxygens (including phenoxy) is 1. The van der Waals surface area contributed by atoms with Crippen LogP contribution >= 0.6 is 11.6 Å². The second-order valence-electron chi connectivity index (χ2n) is 6.66. The van der Waals surface area contributed by atoms with Crippen LogP contribution in [0.3, 0.4) is 0 Å². The summed E-state index contributed by atoms with van der Waals surface area (Å²) in [6.45, 7) is 3.92. The summed E-state index contributed by atoms with van der Waals surface area (Å²) in [6, 6.07) is 10.6. The number of sulfonamides is 1. The summed E-state index contributed by atoms with van der Waals surface area (Å²) in [7, 11) is -3.61. The van der Waals surface area contributed by atoms with Gasteiger partial charge in [0.2, 0.25) is 10.0 Å². The lowest BCUT2D eigenvalue weighted by Gasteiger charge is -2.34. The third-order valence-electron chi connectivity index (χ3n) is 4.73. The van der Waals surface area contributed by atoms with Crippen LogP contribution < -0.4 is 14.4 Å². The van der Waals surface area contributed by atoms with E-state index in [-0.39, 0.29) is 12.5 Å². The average Bonchev–Trinajstić information content (AvgIpc) is 2.66. The molecule has 1 aliphatic rings. The molecule has 0 aliphatic carbocycles. The van der Waals surface area contributed by atoms with Crippen molar-refractivity contribution in [3.63, 3.8) is 0 Å². The molecule has 0 saturated carbocycles. The van der Waals surface area contributed by atoms with Crippen molar-refractivity contribution in [3.05, 3.63) is 52.5 Å². The first-order valence-electron chi connectivity index (χ1n) is 9.10. The van der Waals surface area contributed by atoms with Crippen LogP contribution in [0.15, 0.2) is 36.4 Å². The molecule has 0 saturated heterocycles. The fourth-order valence-corrected chi connectivity index (χ4v) is 4.35. The molecule has 0 bridgehead atoms. The molecule has 6 nitrogen and oxygen atoms in total. The fraction of sp³-hybridized carbons (Fsp3) is 0.350. The van der Waals surface area contributed by atoms with Gasteiger partial charge in [-0.3, -0.25) is 9.10 Å². The van der Waals surface area contributed by atoms with E-state index in [1.165, 1.54) is 6.07 Å². The van der Waals surface area contributed by atoms with Crippen LogP contribution in [0.1, 0.15) is 25.0 Å². The molecule has 0 radical (unpaired) electrons. The molecule has 1 N–H and O–H groups in total. The van der Waals surface area contributed by atoms with Crippen molar-refractivity contribution in [1.82, 2.24) is 0 Å². The smallest absolute Gasteiger partial charge is 0.267 e. The zero-order valence-electron chi connectivity index (χ0n) is 16.0. The van der Waals surface area contributed by atoms with Gasteiger partial charge in [-0.1, -0.05) is 43.6 Å². The summed E-state index contributed by atoms with van der Waals surface area (Å²) in [6.07, 6.45) is 1.66. The third-order valence-corrected chi connectivity index (χ3v) is 6.11. The van der Waals surface area contributed by atoms with Crippen LogP contribution in [-0.4, -0.2) is 33.2 Å². The zero-order valence-corrected chi connectivity index (χ0v) is 17.6. The average molecular weight is 423 g/mol. The van der Waals surface area contributed by atoms with Crippen molar-refractivity contribution >= 4 is 38.9 Å². The minimum atomic E-state index is -3.61. The number of amides is 1. The van der Waals surface area contributed by atoms with E-state index in [0.29, 0.717) is 16.5 Å². The Morgan fingerprint density at radius 3 is 2.43 bits per heavy atom. The molecule has 1 atom stereocenters. The first-order valence-corrected chi connectivity index (χ1v) is 11.3. The molecule has 1 heterocycles. The van der Waals surface area contributed by atoms with Gasteiger partial charge in [0.25, 0.3) is 5.91 Å². The second kappa shape index (κ2) is 8.01. The summed E-state index contributed by atoms with van der Waals surface area (Å²) in [5.41, 5.74) is 3.16. The van der Waals surface area contributed by atoms with Gasteiger partial charge < -0.3 is 10.1 Å². The van der Waals surface area contributed by atoms with Gasteiger partial charge in [-0.2, -0.15) is 0 Å². The van der Waals surface area contributed by atoms with Crippen LogP contribution in [0, 0.1) is 0 Å². The highest BCUT2D eigenvalue weighted by Gasteiger charge is 2.35. The monoisotopic (exact) mass is 422 g/mol. The van der Waals surface area contributed by atoms with Gasteiger partial charge in [0.15, 0.2) is 6.10 Å². The van der Waals surface area contributed by atoms with Gasteiger partial charge in [-0.25, -0.2) is 8.42 Å². The molecule has 3 rings (SSSR count). The number of aryl methyl sites for hydroxylation is 2. The van der Waals surface area contributed by atoms with E-state index in [4.69, 9.17) is 16.3 Å². The Bertz CT molecular complexity index is 985. The van der Waals surface area contributed by atoms with E-state index in [2.05, 4.69) is 5.32 Å². The van der Waals surface area contributed by atoms with Gasteiger partial charge in [-0.15, -0.1) is 0 Å². The van der Waals surface area contributed by atoms with Crippen LogP contribution in [0.25, 0.3) is 0 Å². The Kier molecular flexibility index (Phi) is 5.86. The Labute approximate surface area is 170 Å². The van der Waals surface area contributed by atoms with E-state index in [9.17, 15) is 13.2 Å². The number of carbonyl (C=O) groups excluding carboxylic acids is 1. The molecule has 2 aromatic carbocycles. The van der Waals surface area contributed by atoms with Crippen molar-refractivity contribution in [3.8, 4) is 5.75 Å². The number of hydrogen-bond acceptors (Lipinski definition) is 4. The number of para-hydroxylation sites is 1. The van der Waals surface area contributed by atoms with Gasteiger partial charge in [-0.05, 0) is 42.2 Å². The summed E-state index contributed by atoms with van der Waals surface area (Å²) in [5.74, 6) is -0.0782. The van der Waals surface area contributed by atoms with Crippen molar-refractivity contribution < 1.29 is 17.9 Å². The van der Waals surface area contributed by atoms with Crippen molar-refractivity contribution in [2.24, 2.45) is 0 Å². The molecule has 28 heavy (non-hydrogen) atoms. The summed E-state index contributed by atoms with van der Waals surface area (Å²) >= 11 is 6.01. The molecular formula is C20H23ClN2O4S. The number of hydrogen-bond donors (Lipinski definition) is 1. The minimum absolute atomic E-state index is 0.117. The first kappa shape index (κ1) is 20.5. The lowest BCUT2D eigenvalue weighted by molar-refractivity contribution is -0.122. The maximum Gasteiger partial charge on any atom is 0.267 e. The van der Waals surface area contributed by atoms with Gasteiger partial charge >= 0.3 is 0 Å². The Morgan fingerprint density at radius 2 is 1.86 bits per heavy atom. The predicted molar refractivity (Wildman–Crippen MR) is 112 cm³/mol.